The molecule has 8 nitrogen and oxygen atoms in total. The first-order valence-corrected chi connectivity index (χ1v) is 16.1. The molecule has 0 saturated heterocycles. The van der Waals surface area contributed by atoms with Crippen LogP contribution < -0.4 is 5.32 Å². The number of hydrogen-bond donors (Lipinski definition) is 3. The van der Waals surface area contributed by atoms with Gasteiger partial charge in [0, 0.05) is 13.7 Å². The molecule has 0 aromatic heterocycles. The van der Waals surface area contributed by atoms with Crippen LogP contribution in [-0.4, -0.2) is 48.9 Å². The van der Waals surface area contributed by atoms with Gasteiger partial charge < -0.3 is 24.6 Å². The third kappa shape index (κ3) is 27.9. The van der Waals surface area contributed by atoms with E-state index in [1.165, 1.54) is 123 Å². The van der Waals surface area contributed by atoms with Crippen molar-refractivity contribution in [2.75, 3.05) is 26.9 Å². The predicted molar refractivity (Wildman–Crippen MR) is 146 cm³/mol. The molecule has 0 aliphatic carbocycles. The van der Waals surface area contributed by atoms with E-state index in [9.17, 15) is 9.36 Å². The average Bonchev–Trinajstić information content (AvgIpc) is 2.84. The number of phosphoric acid groups is 1. The molecule has 0 aromatic carbocycles. The number of carbonyl (C=O) groups excluding carboxylic acids is 1. The Kier molecular flexibility index (Phi) is 25.5. The van der Waals surface area contributed by atoms with Crippen LogP contribution in [0.3, 0.4) is 0 Å². The summed E-state index contributed by atoms with van der Waals surface area (Å²) in [6.07, 6.45) is 25.1. The number of nitrogens with one attached hydrogen (secondary N) is 1. The first kappa shape index (κ1) is 35.3. The summed E-state index contributed by atoms with van der Waals surface area (Å²) in [4.78, 5) is 28.9. The second-order valence-corrected chi connectivity index (χ2v) is 11.1. The lowest BCUT2D eigenvalue weighted by Crippen LogP contribution is -2.32. The Labute approximate surface area is 220 Å². The van der Waals surface area contributed by atoms with Gasteiger partial charge in [-0.25, -0.2) is 9.36 Å². The summed E-state index contributed by atoms with van der Waals surface area (Å²) in [5.74, 6) is 0. The average molecular weight is 538 g/mol. The number of rotatable bonds is 27. The lowest BCUT2D eigenvalue weighted by Gasteiger charge is -2.18. The van der Waals surface area contributed by atoms with Gasteiger partial charge in [-0.05, 0) is 6.42 Å². The van der Waals surface area contributed by atoms with Gasteiger partial charge in [0.25, 0.3) is 0 Å². The van der Waals surface area contributed by atoms with E-state index in [2.05, 4.69) is 16.8 Å². The van der Waals surface area contributed by atoms with Crippen molar-refractivity contribution >= 4 is 13.9 Å². The minimum Gasteiger partial charge on any atom is -0.441 e. The minimum absolute atomic E-state index is 0.0343. The van der Waals surface area contributed by atoms with Crippen LogP contribution in [0.1, 0.15) is 135 Å². The zero-order valence-electron chi connectivity index (χ0n) is 23.2. The maximum atomic E-state index is 11.3. The van der Waals surface area contributed by atoms with Crippen LogP contribution in [0.4, 0.5) is 4.79 Å². The van der Waals surface area contributed by atoms with Gasteiger partial charge in [-0.15, -0.1) is 0 Å². The van der Waals surface area contributed by atoms with Crippen LogP contribution in [0.5, 0.6) is 0 Å². The number of alkyl carbamates (subject to hydrolysis) is 1. The zero-order valence-corrected chi connectivity index (χ0v) is 24.1. The summed E-state index contributed by atoms with van der Waals surface area (Å²) in [6.45, 7) is 2.41. The van der Waals surface area contributed by atoms with E-state index in [0.29, 0.717) is 6.61 Å². The third-order valence-corrected chi connectivity index (χ3v) is 6.84. The van der Waals surface area contributed by atoms with Gasteiger partial charge in [0.15, 0.2) is 6.10 Å². The molecule has 1 amide bonds. The molecule has 3 N–H and O–H groups in total. The van der Waals surface area contributed by atoms with Crippen molar-refractivity contribution in [1.29, 1.82) is 0 Å². The van der Waals surface area contributed by atoms with Crippen LogP contribution in [0.25, 0.3) is 0 Å². The molecule has 0 aromatic rings. The summed E-state index contributed by atoms with van der Waals surface area (Å²) in [7, 11) is -3.21. The van der Waals surface area contributed by atoms with Crippen molar-refractivity contribution in [3.8, 4) is 0 Å². The van der Waals surface area contributed by atoms with E-state index in [4.69, 9.17) is 19.3 Å². The number of hydrogen-bond acceptors (Lipinski definition) is 5. The lowest BCUT2D eigenvalue weighted by atomic mass is 10.0. The second kappa shape index (κ2) is 26.0. The molecule has 0 aliphatic heterocycles. The third-order valence-electron chi connectivity index (χ3n) is 6.35. The topological polar surface area (TPSA) is 114 Å². The highest BCUT2D eigenvalue weighted by atomic mass is 31.2. The Morgan fingerprint density at radius 1 is 0.694 bits per heavy atom. The molecule has 36 heavy (non-hydrogen) atoms. The Bertz CT molecular complexity index is 530. The first-order valence-electron chi connectivity index (χ1n) is 14.5. The molecule has 0 heterocycles. The molecule has 0 fully saturated rings. The van der Waals surface area contributed by atoms with Gasteiger partial charge in [-0.1, -0.05) is 129 Å². The highest BCUT2D eigenvalue weighted by Crippen LogP contribution is 2.35. The van der Waals surface area contributed by atoms with Crippen molar-refractivity contribution in [2.24, 2.45) is 0 Å². The molecular weight excluding hydrogens is 481 g/mol. The van der Waals surface area contributed by atoms with E-state index in [1.807, 2.05) is 0 Å². The Balaban J connectivity index is 3.40. The van der Waals surface area contributed by atoms with E-state index < -0.39 is 26.6 Å². The molecule has 9 heteroatoms. The molecule has 216 valence electrons. The molecule has 0 unspecified atom stereocenters. The Morgan fingerprint density at radius 2 is 1.08 bits per heavy atom. The number of carbonyl (C=O) groups is 1. The first-order chi connectivity index (χ1) is 17.4. The fourth-order valence-electron chi connectivity index (χ4n) is 4.18. The Morgan fingerprint density at radius 3 is 1.44 bits per heavy atom. The van der Waals surface area contributed by atoms with Gasteiger partial charge >= 0.3 is 13.9 Å². The lowest BCUT2D eigenvalue weighted by molar-refractivity contribution is -0.00718. The van der Waals surface area contributed by atoms with Gasteiger partial charge in [-0.3, -0.25) is 4.52 Å². The monoisotopic (exact) mass is 537 g/mol. The highest BCUT2D eigenvalue weighted by Gasteiger charge is 2.21. The predicted octanol–water partition coefficient (Wildman–Crippen LogP) is 7.66. The van der Waals surface area contributed by atoms with Crippen molar-refractivity contribution in [1.82, 2.24) is 5.32 Å². The maximum absolute atomic E-state index is 11.3. The van der Waals surface area contributed by atoms with Gasteiger partial charge in [0.1, 0.15) is 0 Å². The number of amides is 1. The fraction of sp³-hybridized carbons (Fsp3) is 0.963. The van der Waals surface area contributed by atoms with E-state index >= 15 is 0 Å². The van der Waals surface area contributed by atoms with Crippen LogP contribution in [-0.2, 0) is 18.6 Å². The number of ether oxygens (including phenoxy) is 2. The smallest absolute Gasteiger partial charge is 0.441 e. The van der Waals surface area contributed by atoms with E-state index in [1.54, 1.807) is 0 Å². The molecule has 0 aliphatic rings. The fourth-order valence-corrected chi connectivity index (χ4v) is 4.54. The summed E-state index contributed by atoms with van der Waals surface area (Å²) in [6, 6.07) is 0. The van der Waals surface area contributed by atoms with Crippen LogP contribution in [0, 0.1) is 0 Å². The van der Waals surface area contributed by atoms with Gasteiger partial charge in [0.2, 0.25) is 0 Å². The molecule has 0 spiro atoms. The van der Waals surface area contributed by atoms with E-state index in [0.717, 1.165) is 12.8 Å². The molecule has 1 atom stereocenters. The van der Waals surface area contributed by atoms with Gasteiger partial charge in [0.05, 0.1) is 13.2 Å². The van der Waals surface area contributed by atoms with Crippen molar-refractivity contribution < 1.29 is 33.1 Å². The van der Waals surface area contributed by atoms with Gasteiger partial charge in [-0.2, -0.15) is 0 Å². The number of phosphoric ester groups is 1. The molecule has 0 radical (unpaired) electrons. The van der Waals surface area contributed by atoms with E-state index in [-0.39, 0.29) is 6.61 Å². The summed E-state index contributed by atoms with van der Waals surface area (Å²) < 4.78 is 25.8. The van der Waals surface area contributed by atoms with Crippen LogP contribution in [0.15, 0.2) is 0 Å². The summed E-state index contributed by atoms with van der Waals surface area (Å²) >= 11 is 0. The molecule has 0 bridgehead atoms. The molecular formula is C27H56NO7P. The maximum Gasteiger partial charge on any atom is 0.469 e. The van der Waals surface area contributed by atoms with Crippen molar-refractivity contribution in [3.63, 3.8) is 0 Å². The zero-order chi connectivity index (χ0) is 26.7. The normalized spacial score (nSPS) is 12.6. The second-order valence-electron chi connectivity index (χ2n) is 9.86. The van der Waals surface area contributed by atoms with Crippen molar-refractivity contribution in [3.05, 3.63) is 0 Å². The minimum atomic E-state index is -4.62. The molecule has 0 saturated carbocycles. The quantitative estimate of drug-likeness (QED) is 0.0728. The number of unbranched alkanes of at least 4 members (excludes halogenated alkanes) is 19. The summed E-state index contributed by atoms with van der Waals surface area (Å²) in [5.41, 5.74) is 0. The SMILES string of the molecule is CCCCCCCCCCCCCCCCCCCCCCOC[C@H](COP(=O)(O)O)OC(=O)NC. The molecule has 0 rings (SSSR count). The van der Waals surface area contributed by atoms with Crippen molar-refractivity contribution in [2.45, 2.75) is 141 Å². The van der Waals surface area contributed by atoms with Crippen LogP contribution >= 0.6 is 7.82 Å². The standard InChI is InChI=1S/C27H56NO7P/c1-3-4-5-6-7-8-9-10-11-12-13-14-15-16-17-18-19-20-21-22-23-33-24-26(35-27(29)28-2)25-34-36(30,31)32/h26H,3-25H2,1-2H3,(H,28,29)(H2,30,31,32)/t26-/m1/s1. The van der Waals surface area contributed by atoms with Crippen LogP contribution in [0.2, 0.25) is 0 Å². The highest BCUT2D eigenvalue weighted by molar-refractivity contribution is 7.46. The summed E-state index contributed by atoms with van der Waals surface area (Å²) in [5, 5.41) is 2.29. The largest absolute Gasteiger partial charge is 0.469 e. The Hall–Kier alpha value is -0.660.